The van der Waals surface area contributed by atoms with Crippen LogP contribution in [0.2, 0.25) is 0 Å². The lowest BCUT2D eigenvalue weighted by atomic mass is 10.0. The van der Waals surface area contributed by atoms with Crippen molar-refractivity contribution in [1.29, 1.82) is 0 Å². The summed E-state index contributed by atoms with van der Waals surface area (Å²) in [4.78, 5) is 0. The van der Waals surface area contributed by atoms with Crippen LogP contribution >= 0.6 is 0 Å². The second-order valence-corrected chi connectivity index (χ2v) is 4.41. The summed E-state index contributed by atoms with van der Waals surface area (Å²) in [6, 6.07) is 0. The molecule has 1 aliphatic rings. The molecule has 1 heterocycles. The van der Waals surface area contributed by atoms with Gasteiger partial charge < -0.3 is 5.73 Å². The van der Waals surface area contributed by atoms with Crippen LogP contribution in [-0.4, -0.2) is 5.01 Å². The predicted octanol–water partition coefficient (Wildman–Crippen LogP) is 3.27. The molecule has 0 aromatic heterocycles. The Labute approximate surface area is 106 Å². The monoisotopic (exact) mass is 237 g/mol. The average molecular weight is 237 g/mol. The van der Waals surface area contributed by atoms with Gasteiger partial charge in [0.15, 0.2) is 0 Å². The van der Waals surface area contributed by atoms with E-state index in [1.807, 2.05) is 18.2 Å². The zero-order valence-corrected chi connectivity index (χ0v) is 11.4. The van der Waals surface area contributed by atoms with Gasteiger partial charge in [-0.15, -0.1) is 0 Å². The largest absolute Gasteiger partial charge is 0.384 e. The Bertz CT molecular complexity index is 261. The summed E-state index contributed by atoms with van der Waals surface area (Å²) in [5.74, 6) is 6.90. The normalized spacial score (nSPS) is 14.2. The predicted molar refractivity (Wildman–Crippen MR) is 75.6 cm³/mol. The summed E-state index contributed by atoms with van der Waals surface area (Å²) >= 11 is 0. The van der Waals surface area contributed by atoms with Crippen LogP contribution in [0, 0.1) is 5.92 Å². The molecule has 0 aliphatic carbocycles. The van der Waals surface area contributed by atoms with E-state index in [4.69, 9.17) is 11.6 Å². The van der Waals surface area contributed by atoms with E-state index in [-0.39, 0.29) is 0 Å². The summed E-state index contributed by atoms with van der Waals surface area (Å²) in [6.07, 6.45) is 14.5. The highest BCUT2D eigenvalue weighted by Crippen LogP contribution is 2.10. The minimum atomic E-state index is 0.542. The smallest absolute Gasteiger partial charge is 0.117 e. The van der Waals surface area contributed by atoms with E-state index in [0.717, 1.165) is 5.92 Å². The van der Waals surface area contributed by atoms with Crippen molar-refractivity contribution >= 4 is 0 Å². The van der Waals surface area contributed by atoms with Crippen LogP contribution in [-0.2, 0) is 0 Å². The van der Waals surface area contributed by atoms with Crippen LogP contribution in [0.15, 0.2) is 36.3 Å². The van der Waals surface area contributed by atoms with E-state index >= 15 is 0 Å². The molecule has 98 valence electrons. The highest BCUT2D eigenvalue weighted by Gasteiger charge is 1.95. The van der Waals surface area contributed by atoms with Crippen molar-refractivity contribution in [3.8, 4) is 0 Å². The van der Waals surface area contributed by atoms with E-state index in [1.165, 1.54) is 30.7 Å². The molecule has 0 spiro atoms. The molecule has 0 saturated heterocycles. The molecule has 0 fully saturated rings. The van der Waals surface area contributed by atoms with E-state index in [0.29, 0.717) is 5.82 Å². The maximum absolute atomic E-state index is 5.44. The number of nitrogens with two attached hydrogens (primary N) is 2. The van der Waals surface area contributed by atoms with Crippen LogP contribution in [0.1, 0.15) is 46.5 Å². The minimum Gasteiger partial charge on any atom is -0.384 e. The second-order valence-electron chi connectivity index (χ2n) is 4.41. The number of nitrogens with zero attached hydrogens (tertiary/aromatic N) is 1. The quantitative estimate of drug-likeness (QED) is 0.738. The maximum atomic E-state index is 5.44. The highest BCUT2D eigenvalue weighted by molar-refractivity contribution is 5.18. The molecule has 0 aromatic carbocycles. The Hall–Kier alpha value is -1.22. The van der Waals surface area contributed by atoms with Gasteiger partial charge in [-0.2, -0.15) is 0 Å². The molecule has 3 heteroatoms. The standard InChI is InChI=1S/C8H18.C6H9N3/c1-4-6-8(3)7-5-2;7-6-4-2-1-3-5-9(6)8/h8H,4-7H2,1-3H3;1-5H,7-8H2. The number of hydrogen-bond donors (Lipinski definition) is 2. The number of hydrogen-bond acceptors (Lipinski definition) is 3. The molecule has 4 N–H and O–H groups in total. The highest BCUT2D eigenvalue weighted by atomic mass is 15.4. The molecule has 0 atom stereocenters. The molecule has 0 aromatic rings. The van der Waals surface area contributed by atoms with Gasteiger partial charge in [-0.1, -0.05) is 58.6 Å². The first-order valence-electron chi connectivity index (χ1n) is 6.46. The fraction of sp³-hybridized carbons (Fsp3) is 0.571. The molecule has 0 amide bonds. The van der Waals surface area contributed by atoms with Gasteiger partial charge in [0, 0.05) is 6.20 Å². The van der Waals surface area contributed by atoms with Crippen molar-refractivity contribution in [3.63, 3.8) is 0 Å². The number of hydrazine groups is 1. The van der Waals surface area contributed by atoms with Crippen LogP contribution in [0.25, 0.3) is 0 Å². The molecule has 3 nitrogen and oxygen atoms in total. The fourth-order valence-electron chi connectivity index (χ4n) is 1.66. The average Bonchev–Trinajstić information content (AvgIpc) is 2.46. The summed E-state index contributed by atoms with van der Waals surface area (Å²) in [7, 11) is 0. The molecular weight excluding hydrogens is 210 g/mol. The van der Waals surface area contributed by atoms with Crippen LogP contribution in [0.4, 0.5) is 0 Å². The second kappa shape index (κ2) is 9.97. The van der Waals surface area contributed by atoms with E-state index in [2.05, 4.69) is 20.8 Å². The lowest BCUT2D eigenvalue weighted by Gasteiger charge is -2.10. The Morgan fingerprint density at radius 1 is 1.12 bits per heavy atom. The van der Waals surface area contributed by atoms with Gasteiger partial charge in [0.1, 0.15) is 5.82 Å². The third kappa shape index (κ3) is 8.57. The molecule has 0 bridgehead atoms. The SMILES string of the molecule is CCCC(C)CCC.NC1=CC=CC=CN1N. The number of rotatable bonds is 4. The lowest BCUT2D eigenvalue weighted by Crippen LogP contribution is -2.28. The maximum Gasteiger partial charge on any atom is 0.117 e. The van der Waals surface area contributed by atoms with Gasteiger partial charge in [0.05, 0.1) is 0 Å². The molecule has 0 saturated carbocycles. The molecular formula is C14H27N3. The Morgan fingerprint density at radius 3 is 2.24 bits per heavy atom. The summed E-state index contributed by atoms with van der Waals surface area (Å²) < 4.78 is 0. The fourth-order valence-corrected chi connectivity index (χ4v) is 1.66. The molecule has 1 aliphatic heterocycles. The topological polar surface area (TPSA) is 55.3 Å². The minimum absolute atomic E-state index is 0.542. The Morgan fingerprint density at radius 2 is 1.71 bits per heavy atom. The molecule has 0 radical (unpaired) electrons. The van der Waals surface area contributed by atoms with Crippen LogP contribution in [0.5, 0.6) is 0 Å². The van der Waals surface area contributed by atoms with Gasteiger partial charge in [0.25, 0.3) is 0 Å². The van der Waals surface area contributed by atoms with Gasteiger partial charge in [-0.05, 0) is 18.1 Å². The molecule has 17 heavy (non-hydrogen) atoms. The lowest BCUT2D eigenvalue weighted by molar-refractivity contribution is 0.480. The first-order valence-corrected chi connectivity index (χ1v) is 6.46. The van der Waals surface area contributed by atoms with Gasteiger partial charge in [-0.25, -0.2) is 5.84 Å². The summed E-state index contributed by atoms with van der Waals surface area (Å²) in [6.45, 7) is 6.85. The summed E-state index contributed by atoms with van der Waals surface area (Å²) in [5.41, 5.74) is 5.44. The zero-order chi connectivity index (χ0) is 13.1. The van der Waals surface area contributed by atoms with Crippen molar-refractivity contribution in [3.05, 3.63) is 36.3 Å². The van der Waals surface area contributed by atoms with E-state index in [1.54, 1.807) is 12.3 Å². The molecule has 1 rings (SSSR count). The number of allylic oxidation sites excluding steroid dienone is 4. The van der Waals surface area contributed by atoms with Gasteiger partial charge in [-0.3, -0.25) is 5.01 Å². The van der Waals surface area contributed by atoms with Gasteiger partial charge >= 0.3 is 0 Å². The third-order valence-electron chi connectivity index (χ3n) is 2.60. The van der Waals surface area contributed by atoms with Crippen molar-refractivity contribution < 1.29 is 0 Å². The van der Waals surface area contributed by atoms with Crippen molar-refractivity contribution in [2.75, 3.05) is 0 Å². The van der Waals surface area contributed by atoms with Crippen molar-refractivity contribution in [1.82, 2.24) is 5.01 Å². The summed E-state index contributed by atoms with van der Waals surface area (Å²) in [5, 5.41) is 1.36. The van der Waals surface area contributed by atoms with Gasteiger partial charge in [0.2, 0.25) is 0 Å². The van der Waals surface area contributed by atoms with Crippen molar-refractivity contribution in [2.24, 2.45) is 17.5 Å². The first-order chi connectivity index (χ1) is 8.11. The van der Waals surface area contributed by atoms with E-state index in [9.17, 15) is 0 Å². The zero-order valence-electron chi connectivity index (χ0n) is 11.4. The van der Waals surface area contributed by atoms with Crippen LogP contribution < -0.4 is 11.6 Å². The Balaban J connectivity index is 0.000000304. The van der Waals surface area contributed by atoms with Crippen LogP contribution in [0.3, 0.4) is 0 Å². The molecule has 0 unspecified atom stereocenters. The van der Waals surface area contributed by atoms with E-state index < -0.39 is 0 Å². The Kier molecular flexibility index (Phi) is 9.25. The van der Waals surface area contributed by atoms with Crippen molar-refractivity contribution in [2.45, 2.75) is 46.5 Å². The third-order valence-corrected chi connectivity index (χ3v) is 2.60. The first kappa shape index (κ1) is 15.8.